The lowest BCUT2D eigenvalue weighted by molar-refractivity contribution is 0.632. The molecule has 0 saturated carbocycles. The molecule has 0 fully saturated rings. The summed E-state index contributed by atoms with van der Waals surface area (Å²) in [5.74, 6) is 0.720. The van der Waals surface area contributed by atoms with Crippen LogP contribution in [0.3, 0.4) is 0 Å². The van der Waals surface area contributed by atoms with Crippen molar-refractivity contribution in [3.63, 3.8) is 0 Å². The predicted molar refractivity (Wildman–Crippen MR) is 177 cm³/mol. The fourth-order valence-electron chi connectivity index (χ4n) is 7.98. The van der Waals surface area contributed by atoms with E-state index in [1.165, 1.54) is 44.2 Å². The van der Waals surface area contributed by atoms with Crippen molar-refractivity contribution in [2.45, 2.75) is 38.5 Å². The largest absolute Gasteiger partial charge is 0.278 e. The highest BCUT2D eigenvalue weighted by molar-refractivity contribution is 6.14. The SMILES string of the molecule is CC1(C)c2ccccc2-c2c(-c3ccccc3)nc(-n3c4ccccc4c4c5c(ccc43)-c3ccccc3C5(C)C)nc21. The molecule has 9 rings (SSSR count). The molecule has 3 nitrogen and oxygen atoms in total. The monoisotopic (exact) mass is 553 g/mol. The molecule has 0 atom stereocenters. The Morgan fingerprint density at radius 2 is 1.19 bits per heavy atom. The molecule has 2 aliphatic rings. The molecule has 206 valence electrons. The van der Waals surface area contributed by atoms with Crippen LogP contribution in [0.15, 0.2) is 115 Å². The molecule has 2 aliphatic carbocycles. The first-order chi connectivity index (χ1) is 20.9. The number of para-hydroxylation sites is 1. The molecule has 0 spiro atoms. The van der Waals surface area contributed by atoms with Crippen LogP contribution in [-0.2, 0) is 10.8 Å². The Hall–Kier alpha value is -5.02. The summed E-state index contributed by atoms with van der Waals surface area (Å²) in [6.45, 7) is 9.31. The van der Waals surface area contributed by atoms with E-state index >= 15 is 0 Å². The van der Waals surface area contributed by atoms with Crippen LogP contribution in [0, 0.1) is 0 Å². The number of rotatable bonds is 2. The first-order valence-corrected chi connectivity index (χ1v) is 15.1. The van der Waals surface area contributed by atoms with E-state index in [1.807, 2.05) is 0 Å². The second-order valence-electron chi connectivity index (χ2n) is 13.0. The van der Waals surface area contributed by atoms with Crippen LogP contribution in [-0.4, -0.2) is 14.5 Å². The minimum absolute atomic E-state index is 0.127. The van der Waals surface area contributed by atoms with E-state index < -0.39 is 0 Å². The average molecular weight is 554 g/mol. The number of nitrogens with zero attached hydrogens (tertiary/aromatic N) is 3. The highest BCUT2D eigenvalue weighted by atomic mass is 15.2. The topological polar surface area (TPSA) is 30.7 Å². The van der Waals surface area contributed by atoms with Gasteiger partial charge >= 0.3 is 0 Å². The summed E-state index contributed by atoms with van der Waals surface area (Å²) in [7, 11) is 0. The molecule has 43 heavy (non-hydrogen) atoms. The van der Waals surface area contributed by atoms with Gasteiger partial charge in [0.2, 0.25) is 5.95 Å². The minimum atomic E-state index is -0.253. The quantitative estimate of drug-likeness (QED) is 0.213. The van der Waals surface area contributed by atoms with Gasteiger partial charge in [0.25, 0.3) is 0 Å². The summed E-state index contributed by atoms with van der Waals surface area (Å²) in [6.07, 6.45) is 0. The van der Waals surface area contributed by atoms with E-state index in [9.17, 15) is 0 Å². The summed E-state index contributed by atoms with van der Waals surface area (Å²) in [4.78, 5) is 10.9. The van der Waals surface area contributed by atoms with Crippen LogP contribution in [0.2, 0.25) is 0 Å². The zero-order valence-electron chi connectivity index (χ0n) is 24.8. The Labute approximate surface area is 251 Å². The average Bonchev–Trinajstić information content (AvgIpc) is 3.58. The van der Waals surface area contributed by atoms with E-state index in [0.717, 1.165) is 39.5 Å². The summed E-state index contributed by atoms with van der Waals surface area (Å²) in [6, 6.07) is 41.5. The maximum atomic E-state index is 5.47. The lowest BCUT2D eigenvalue weighted by Crippen LogP contribution is -2.18. The van der Waals surface area contributed by atoms with Crippen LogP contribution in [0.5, 0.6) is 0 Å². The number of hydrogen-bond acceptors (Lipinski definition) is 2. The molecule has 3 heteroatoms. The smallest absolute Gasteiger partial charge is 0.235 e. The van der Waals surface area contributed by atoms with Crippen molar-refractivity contribution in [3.05, 3.63) is 138 Å². The molecule has 2 aromatic heterocycles. The number of aromatic nitrogens is 3. The molecule has 0 bridgehead atoms. The fourth-order valence-corrected chi connectivity index (χ4v) is 7.98. The van der Waals surface area contributed by atoms with Crippen molar-refractivity contribution in [2.24, 2.45) is 0 Å². The molecule has 0 unspecified atom stereocenters. The second-order valence-corrected chi connectivity index (χ2v) is 13.0. The van der Waals surface area contributed by atoms with Gasteiger partial charge in [-0.05, 0) is 45.5 Å². The van der Waals surface area contributed by atoms with Crippen molar-refractivity contribution in [1.82, 2.24) is 14.5 Å². The summed E-state index contributed by atoms with van der Waals surface area (Å²) >= 11 is 0. The second kappa shape index (κ2) is 8.29. The van der Waals surface area contributed by atoms with E-state index in [4.69, 9.17) is 9.97 Å². The number of benzene rings is 5. The van der Waals surface area contributed by atoms with Gasteiger partial charge in [-0.2, -0.15) is 0 Å². The van der Waals surface area contributed by atoms with E-state index in [2.05, 4.69) is 148 Å². The lowest BCUT2D eigenvalue weighted by atomic mass is 9.80. The maximum absolute atomic E-state index is 5.47. The first-order valence-electron chi connectivity index (χ1n) is 15.1. The van der Waals surface area contributed by atoms with Crippen LogP contribution >= 0.6 is 0 Å². The highest BCUT2D eigenvalue weighted by Gasteiger charge is 2.41. The Kier molecular flexibility index (Phi) is 4.74. The standard InChI is InChI=1S/C40H31N3/c1-39(2)29-19-11-8-16-25(29)26-22-23-32-33(35(26)39)28-18-10-13-21-31(28)43(32)38-41-36(24-14-6-5-7-15-24)34-27-17-9-12-20-30(27)40(3,4)37(34)42-38/h5-23H,1-4H3. The molecular formula is C40H31N3. The molecule has 7 aromatic rings. The molecule has 0 radical (unpaired) electrons. The van der Waals surface area contributed by atoms with Gasteiger partial charge in [-0.15, -0.1) is 0 Å². The number of hydrogen-bond donors (Lipinski definition) is 0. The van der Waals surface area contributed by atoms with E-state index in [1.54, 1.807) is 0 Å². The fraction of sp³-hybridized carbons (Fsp3) is 0.150. The third kappa shape index (κ3) is 3.09. The van der Waals surface area contributed by atoms with Gasteiger partial charge in [0, 0.05) is 32.7 Å². The van der Waals surface area contributed by atoms with Gasteiger partial charge in [-0.1, -0.05) is 131 Å². The van der Waals surface area contributed by atoms with Crippen molar-refractivity contribution in [1.29, 1.82) is 0 Å². The van der Waals surface area contributed by atoms with Crippen molar-refractivity contribution in [2.75, 3.05) is 0 Å². The van der Waals surface area contributed by atoms with Crippen molar-refractivity contribution < 1.29 is 0 Å². The Morgan fingerprint density at radius 3 is 1.98 bits per heavy atom. The minimum Gasteiger partial charge on any atom is -0.278 e. The zero-order valence-corrected chi connectivity index (χ0v) is 24.8. The van der Waals surface area contributed by atoms with Gasteiger partial charge in [0.05, 0.1) is 22.4 Å². The van der Waals surface area contributed by atoms with Crippen molar-refractivity contribution in [3.8, 4) is 39.5 Å². The lowest BCUT2D eigenvalue weighted by Gasteiger charge is -2.23. The Balaban J connectivity index is 1.41. The summed E-state index contributed by atoms with van der Waals surface area (Å²) < 4.78 is 2.30. The molecular weight excluding hydrogens is 522 g/mol. The van der Waals surface area contributed by atoms with Crippen LogP contribution in [0.1, 0.15) is 50.1 Å². The molecule has 0 saturated heterocycles. The van der Waals surface area contributed by atoms with E-state index in [0.29, 0.717) is 0 Å². The van der Waals surface area contributed by atoms with E-state index in [-0.39, 0.29) is 10.8 Å². The highest BCUT2D eigenvalue weighted by Crippen LogP contribution is 2.54. The molecule has 0 N–H and O–H groups in total. The van der Waals surface area contributed by atoms with Gasteiger partial charge in [-0.25, -0.2) is 9.97 Å². The third-order valence-electron chi connectivity index (χ3n) is 9.96. The van der Waals surface area contributed by atoms with Gasteiger partial charge in [-0.3, -0.25) is 4.57 Å². The molecule has 0 amide bonds. The molecule has 5 aromatic carbocycles. The van der Waals surface area contributed by atoms with Crippen LogP contribution in [0.4, 0.5) is 0 Å². The van der Waals surface area contributed by atoms with Gasteiger partial charge in [0.15, 0.2) is 0 Å². The van der Waals surface area contributed by atoms with Crippen LogP contribution in [0.25, 0.3) is 61.3 Å². The Bertz CT molecular complexity index is 2290. The van der Waals surface area contributed by atoms with Gasteiger partial charge in [0.1, 0.15) is 0 Å². The summed E-state index contributed by atoms with van der Waals surface area (Å²) in [5.41, 5.74) is 14.2. The normalized spacial score (nSPS) is 15.3. The third-order valence-corrected chi connectivity index (χ3v) is 9.96. The zero-order chi connectivity index (χ0) is 29.1. The van der Waals surface area contributed by atoms with Crippen molar-refractivity contribution >= 4 is 21.8 Å². The first kappa shape index (κ1) is 24.6. The predicted octanol–water partition coefficient (Wildman–Crippen LogP) is 9.85. The van der Waals surface area contributed by atoms with Crippen LogP contribution < -0.4 is 0 Å². The maximum Gasteiger partial charge on any atom is 0.235 e. The molecule has 2 heterocycles. The summed E-state index contributed by atoms with van der Waals surface area (Å²) in [5, 5.41) is 2.53. The molecule has 0 aliphatic heterocycles. The Morgan fingerprint density at radius 1 is 0.535 bits per heavy atom. The number of fused-ring (bicyclic) bond motifs is 10. The van der Waals surface area contributed by atoms with Gasteiger partial charge < -0.3 is 0 Å².